The maximum absolute atomic E-state index is 12.1. The van der Waals surface area contributed by atoms with E-state index in [-0.39, 0.29) is 11.8 Å². The molecule has 2 aromatic carbocycles. The van der Waals surface area contributed by atoms with Crippen molar-refractivity contribution < 1.29 is 9.59 Å². The average Bonchev–Trinajstić information content (AvgIpc) is 2.54. The maximum atomic E-state index is 12.1. The second-order valence-electron chi connectivity index (χ2n) is 5.78. The lowest BCUT2D eigenvalue weighted by molar-refractivity contribution is -0.121. The molecule has 4 nitrogen and oxygen atoms in total. The SMILES string of the molecule is CC(=O)N(CCNC(=O)Cc1cccc(C)c1)c1cc(Cl)ccc1Cl. The number of nitrogens with one attached hydrogen (secondary N) is 1. The molecule has 2 rings (SSSR count). The van der Waals surface area contributed by atoms with Crippen LogP contribution < -0.4 is 10.2 Å². The van der Waals surface area contributed by atoms with Gasteiger partial charge in [-0.05, 0) is 30.7 Å². The molecule has 1 N–H and O–H groups in total. The third-order valence-electron chi connectivity index (χ3n) is 3.68. The second-order valence-corrected chi connectivity index (χ2v) is 6.63. The topological polar surface area (TPSA) is 49.4 Å². The number of halogens is 2. The number of aryl methyl sites for hydroxylation is 1. The predicted molar refractivity (Wildman–Crippen MR) is 102 cm³/mol. The first kappa shape index (κ1) is 19.3. The Morgan fingerprint density at radius 1 is 1.12 bits per heavy atom. The van der Waals surface area contributed by atoms with Gasteiger partial charge in [-0.1, -0.05) is 53.0 Å². The summed E-state index contributed by atoms with van der Waals surface area (Å²) >= 11 is 12.1. The Labute approximate surface area is 157 Å². The van der Waals surface area contributed by atoms with Gasteiger partial charge in [0.1, 0.15) is 0 Å². The van der Waals surface area contributed by atoms with Gasteiger partial charge < -0.3 is 10.2 Å². The third-order valence-corrected chi connectivity index (χ3v) is 4.24. The van der Waals surface area contributed by atoms with E-state index in [0.717, 1.165) is 11.1 Å². The summed E-state index contributed by atoms with van der Waals surface area (Å²) in [6, 6.07) is 12.8. The quantitative estimate of drug-likeness (QED) is 0.825. The summed E-state index contributed by atoms with van der Waals surface area (Å²) in [5.74, 6) is -0.261. The Balaban J connectivity index is 1.94. The fourth-order valence-corrected chi connectivity index (χ4v) is 2.90. The maximum Gasteiger partial charge on any atom is 0.224 e. The lowest BCUT2D eigenvalue weighted by atomic mass is 10.1. The van der Waals surface area contributed by atoms with Crippen molar-refractivity contribution in [1.82, 2.24) is 5.32 Å². The normalized spacial score (nSPS) is 10.4. The van der Waals surface area contributed by atoms with Crippen LogP contribution in [0.4, 0.5) is 5.69 Å². The van der Waals surface area contributed by atoms with Crippen molar-refractivity contribution in [3.8, 4) is 0 Å². The van der Waals surface area contributed by atoms with Gasteiger partial charge in [0, 0.05) is 25.0 Å². The van der Waals surface area contributed by atoms with Gasteiger partial charge in [-0.15, -0.1) is 0 Å². The summed E-state index contributed by atoms with van der Waals surface area (Å²) in [4.78, 5) is 25.5. The Morgan fingerprint density at radius 2 is 1.88 bits per heavy atom. The summed E-state index contributed by atoms with van der Waals surface area (Å²) < 4.78 is 0. The van der Waals surface area contributed by atoms with E-state index in [1.165, 1.54) is 11.8 Å². The van der Waals surface area contributed by atoms with Gasteiger partial charge in [0.15, 0.2) is 0 Å². The minimum absolute atomic E-state index is 0.0914. The van der Waals surface area contributed by atoms with Crippen molar-refractivity contribution in [2.45, 2.75) is 20.3 Å². The minimum atomic E-state index is -0.169. The first-order valence-electron chi connectivity index (χ1n) is 7.92. The second kappa shape index (κ2) is 8.88. The summed E-state index contributed by atoms with van der Waals surface area (Å²) in [5, 5.41) is 3.76. The van der Waals surface area contributed by atoms with Crippen LogP contribution in [-0.4, -0.2) is 24.9 Å². The molecule has 6 heteroatoms. The number of carbonyl (C=O) groups excluding carboxylic acids is 2. The van der Waals surface area contributed by atoms with Crippen LogP contribution in [0.1, 0.15) is 18.1 Å². The number of amides is 2. The highest BCUT2D eigenvalue weighted by molar-refractivity contribution is 6.35. The molecule has 2 amide bonds. The smallest absolute Gasteiger partial charge is 0.224 e. The van der Waals surface area contributed by atoms with Gasteiger partial charge in [0.25, 0.3) is 0 Å². The fourth-order valence-electron chi connectivity index (χ4n) is 2.52. The zero-order chi connectivity index (χ0) is 18.4. The molecule has 25 heavy (non-hydrogen) atoms. The van der Waals surface area contributed by atoms with Crippen LogP contribution in [0.3, 0.4) is 0 Å². The van der Waals surface area contributed by atoms with Crippen LogP contribution in [0, 0.1) is 6.92 Å². The van der Waals surface area contributed by atoms with E-state index in [9.17, 15) is 9.59 Å². The molecule has 0 bridgehead atoms. The highest BCUT2D eigenvalue weighted by Gasteiger charge is 2.15. The zero-order valence-corrected chi connectivity index (χ0v) is 15.7. The summed E-state index contributed by atoms with van der Waals surface area (Å²) in [7, 11) is 0. The zero-order valence-electron chi connectivity index (χ0n) is 14.2. The molecular formula is C19H20Cl2N2O2. The van der Waals surface area contributed by atoms with Gasteiger partial charge in [-0.2, -0.15) is 0 Å². The van der Waals surface area contributed by atoms with Crippen molar-refractivity contribution in [2.24, 2.45) is 0 Å². The molecule has 0 aliphatic carbocycles. The fraction of sp³-hybridized carbons (Fsp3) is 0.263. The largest absolute Gasteiger partial charge is 0.354 e. The van der Waals surface area contributed by atoms with Crippen molar-refractivity contribution in [3.05, 3.63) is 63.6 Å². The molecule has 2 aromatic rings. The van der Waals surface area contributed by atoms with Crippen LogP contribution in [0.25, 0.3) is 0 Å². The first-order chi connectivity index (χ1) is 11.9. The Kier molecular flexibility index (Phi) is 6.85. The van der Waals surface area contributed by atoms with E-state index in [0.29, 0.717) is 35.2 Å². The van der Waals surface area contributed by atoms with Gasteiger partial charge in [-0.3, -0.25) is 9.59 Å². The van der Waals surface area contributed by atoms with Gasteiger partial charge in [-0.25, -0.2) is 0 Å². The minimum Gasteiger partial charge on any atom is -0.354 e. The van der Waals surface area contributed by atoms with E-state index >= 15 is 0 Å². The van der Waals surface area contributed by atoms with Crippen molar-refractivity contribution in [2.75, 3.05) is 18.0 Å². The Bertz CT molecular complexity index is 778. The number of nitrogens with zero attached hydrogens (tertiary/aromatic N) is 1. The monoisotopic (exact) mass is 378 g/mol. The molecule has 0 radical (unpaired) electrons. The molecule has 0 unspecified atom stereocenters. The summed E-state index contributed by atoms with van der Waals surface area (Å²) in [6.07, 6.45) is 0.305. The van der Waals surface area contributed by atoms with Crippen molar-refractivity contribution in [3.63, 3.8) is 0 Å². The first-order valence-corrected chi connectivity index (χ1v) is 8.68. The van der Waals surface area contributed by atoms with Crippen LogP contribution in [0.15, 0.2) is 42.5 Å². The molecule has 0 spiro atoms. The molecular weight excluding hydrogens is 359 g/mol. The molecule has 0 aromatic heterocycles. The summed E-state index contributed by atoms with van der Waals surface area (Å²) in [6.45, 7) is 4.08. The standard InChI is InChI=1S/C19H20Cl2N2O2/c1-13-4-3-5-15(10-13)11-19(25)22-8-9-23(14(2)24)18-12-16(20)6-7-17(18)21/h3-7,10,12H,8-9,11H2,1-2H3,(H,22,25). The number of hydrogen-bond donors (Lipinski definition) is 1. The van der Waals surface area contributed by atoms with Crippen LogP contribution >= 0.6 is 23.2 Å². The van der Waals surface area contributed by atoms with E-state index in [1.807, 2.05) is 31.2 Å². The van der Waals surface area contributed by atoms with Gasteiger partial charge in [0.2, 0.25) is 11.8 Å². The van der Waals surface area contributed by atoms with E-state index < -0.39 is 0 Å². The molecule has 0 aliphatic heterocycles. The average molecular weight is 379 g/mol. The Morgan fingerprint density at radius 3 is 2.56 bits per heavy atom. The van der Waals surface area contributed by atoms with Crippen molar-refractivity contribution >= 4 is 40.7 Å². The summed E-state index contributed by atoms with van der Waals surface area (Å²) in [5.41, 5.74) is 2.61. The Hall–Kier alpha value is -2.04. The molecule has 0 saturated heterocycles. The molecule has 0 fully saturated rings. The lowest BCUT2D eigenvalue weighted by Crippen LogP contribution is -2.38. The van der Waals surface area contributed by atoms with Crippen LogP contribution in [0.2, 0.25) is 10.0 Å². The van der Waals surface area contributed by atoms with E-state index in [4.69, 9.17) is 23.2 Å². The van der Waals surface area contributed by atoms with Gasteiger partial charge >= 0.3 is 0 Å². The number of rotatable bonds is 6. The lowest BCUT2D eigenvalue weighted by Gasteiger charge is -2.22. The highest BCUT2D eigenvalue weighted by atomic mass is 35.5. The number of hydrogen-bond acceptors (Lipinski definition) is 2. The van der Waals surface area contributed by atoms with Crippen LogP contribution in [-0.2, 0) is 16.0 Å². The van der Waals surface area contributed by atoms with Crippen molar-refractivity contribution in [1.29, 1.82) is 0 Å². The molecule has 132 valence electrons. The molecule has 0 heterocycles. The molecule has 0 aliphatic rings. The van der Waals surface area contributed by atoms with E-state index in [1.54, 1.807) is 18.2 Å². The highest BCUT2D eigenvalue weighted by Crippen LogP contribution is 2.29. The molecule has 0 atom stereocenters. The van der Waals surface area contributed by atoms with Gasteiger partial charge in [0.05, 0.1) is 17.1 Å². The number of anilines is 1. The number of carbonyl (C=O) groups is 2. The number of benzene rings is 2. The molecule has 0 saturated carbocycles. The van der Waals surface area contributed by atoms with E-state index in [2.05, 4.69) is 5.32 Å². The third kappa shape index (κ3) is 5.76. The predicted octanol–water partition coefficient (Wildman–Crippen LogP) is 4.01. The van der Waals surface area contributed by atoms with Crippen LogP contribution in [0.5, 0.6) is 0 Å².